The number of aliphatic imine (C=N–C) groups is 1. The summed E-state index contributed by atoms with van der Waals surface area (Å²) in [6.07, 6.45) is 24.6. The van der Waals surface area contributed by atoms with E-state index in [4.69, 9.17) is 5.73 Å². The summed E-state index contributed by atoms with van der Waals surface area (Å²) in [6.45, 7) is 3.33. The number of quaternary nitrogens is 1. The van der Waals surface area contributed by atoms with Crippen LogP contribution in [0.1, 0.15) is 90.4 Å². The van der Waals surface area contributed by atoms with Crippen molar-refractivity contribution in [2.24, 2.45) is 10.7 Å². The molecule has 1 atom stereocenters. The highest BCUT2D eigenvalue weighted by Crippen LogP contribution is 2.20. The maximum absolute atomic E-state index is 11.2. The number of carboxylic acids is 1. The van der Waals surface area contributed by atoms with Crippen molar-refractivity contribution in [2.75, 3.05) is 19.6 Å². The number of rotatable bonds is 18. The van der Waals surface area contributed by atoms with Crippen LogP contribution in [0.25, 0.3) is 0 Å². The fourth-order valence-electron chi connectivity index (χ4n) is 3.83. The molecule has 5 nitrogen and oxygen atoms in total. The van der Waals surface area contributed by atoms with Gasteiger partial charge < -0.3 is 10.8 Å². The molecule has 160 valence electrons. The Kier molecular flexibility index (Phi) is 13.6. The van der Waals surface area contributed by atoms with E-state index in [-0.39, 0.29) is 11.0 Å². The maximum Gasteiger partial charge on any atom is 0.360 e. The molecule has 1 heterocycles. The zero-order valence-electron chi connectivity index (χ0n) is 18.0. The van der Waals surface area contributed by atoms with Crippen LogP contribution in [0.3, 0.4) is 0 Å². The zero-order valence-corrected chi connectivity index (χ0v) is 18.0. The smallest absolute Gasteiger partial charge is 0.360 e. The number of hydrogen-bond donors (Lipinski definition) is 2. The Morgan fingerprint density at radius 3 is 2.25 bits per heavy atom. The minimum Gasteiger partial charge on any atom is -0.477 e. The highest BCUT2D eigenvalue weighted by molar-refractivity contribution is 5.81. The molecule has 0 aliphatic carbocycles. The summed E-state index contributed by atoms with van der Waals surface area (Å²) in [7, 11) is 0. The summed E-state index contributed by atoms with van der Waals surface area (Å²) in [4.78, 5) is 15.6. The molecular formula is C23H42N3O2+. The number of nitrogens with zero attached hydrogens (tertiary/aromatic N) is 2. The van der Waals surface area contributed by atoms with E-state index < -0.39 is 5.97 Å². The first-order chi connectivity index (χ1) is 13.6. The normalized spacial score (nSPS) is 18.9. The van der Waals surface area contributed by atoms with Gasteiger partial charge in [-0.3, -0.25) is 0 Å². The molecule has 1 aliphatic rings. The van der Waals surface area contributed by atoms with E-state index >= 15 is 0 Å². The van der Waals surface area contributed by atoms with Crippen LogP contribution in [0.4, 0.5) is 0 Å². The second kappa shape index (κ2) is 15.5. The van der Waals surface area contributed by atoms with Crippen molar-refractivity contribution < 1.29 is 14.4 Å². The molecule has 0 fully saturated rings. The van der Waals surface area contributed by atoms with Gasteiger partial charge in [-0.25, -0.2) is 14.3 Å². The standard InChI is InChI=1S/C23H41N3O2/c1-2-3-4-5-6-7-8-9-10-11-12-13-14-15-16-22-25-18-20-26(22,19-17-24)21-23(27)28/h13-14,18,20H,2-12,15-17,19,21,24H2,1H3/p+1/b14-13+. The lowest BCUT2D eigenvalue weighted by atomic mass is 10.1. The SMILES string of the molecule is CCCCCCCCCCCC/C=C/CCC1=NC=C[N+]1(CCN)CC(=O)O. The third-order valence-electron chi connectivity index (χ3n) is 5.46. The molecule has 28 heavy (non-hydrogen) atoms. The van der Waals surface area contributed by atoms with Crippen LogP contribution in [0.15, 0.2) is 29.5 Å². The fraction of sp³-hybridized carbons (Fsp3) is 0.739. The van der Waals surface area contributed by atoms with E-state index in [1.165, 1.54) is 64.2 Å². The van der Waals surface area contributed by atoms with E-state index in [2.05, 4.69) is 24.1 Å². The van der Waals surface area contributed by atoms with Crippen LogP contribution in [0.2, 0.25) is 0 Å². The van der Waals surface area contributed by atoms with Crippen molar-refractivity contribution in [1.82, 2.24) is 0 Å². The van der Waals surface area contributed by atoms with Crippen LogP contribution >= 0.6 is 0 Å². The van der Waals surface area contributed by atoms with Gasteiger partial charge in [-0.1, -0.05) is 76.9 Å². The maximum atomic E-state index is 11.2. The van der Waals surface area contributed by atoms with Crippen LogP contribution in [-0.4, -0.2) is 41.0 Å². The van der Waals surface area contributed by atoms with Gasteiger partial charge in [0.1, 0.15) is 12.7 Å². The van der Waals surface area contributed by atoms with Gasteiger partial charge in [-0.15, -0.1) is 0 Å². The molecule has 1 aliphatic heterocycles. The average Bonchev–Trinajstić information content (AvgIpc) is 3.03. The summed E-state index contributed by atoms with van der Waals surface area (Å²) >= 11 is 0. The van der Waals surface area contributed by atoms with Gasteiger partial charge in [0.2, 0.25) is 5.84 Å². The van der Waals surface area contributed by atoms with Crippen LogP contribution in [-0.2, 0) is 4.79 Å². The van der Waals surface area contributed by atoms with Gasteiger partial charge in [0.25, 0.3) is 0 Å². The first-order valence-corrected chi connectivity index (χ1v) is 11.3. The minimum absolute atomic E-state index is 0.0227. The quantitative estimate of drug-likeness (QED) is 0.187. The lowest BCUT2D eigenvalue weighted by Crippen LogP contribution is -2.52. The molecule has 3 N–H and O–H groups in total. The van der Waals surface area contributed by atoms with Crippen molar-refractivity contribution in [3.05, 3.63) is 24.6 Å². The average molecular weight is 393 g/mol. The topological polar surface area (TPSA) is 75.7 Å². The molecule has 0 saturated heterocycles. The molecule has 0 aromatic heterocycles. The zero-order chi connectivity index (χ0) is 20.5. The number of amidine groups is 1. The Labute approximate surface area is 172 Å². The van der Waals surface area contributed by atoms with Crippen molar-refractivity contribution in [1.29, 1.82) is 0 Å². The third-order valence-corrected chi connectivity index (χ3v) is 5.46. The Morgan fingerprint density at radius 1 is 1.04 bits per heavy atom. The van der Waals surface area contributed by atoms with Crippen LogP contribution in [0.5, 0.6) is 0 Å². The largest absolute Gasteiger partial charge is 0.477 e. The predicted molar refractivity (Wildman–Crippen MR) is 118 cm³/mol. The lowest BCUT2D eigenvalue weighted by Gasteiger charge is -2.30. The Balaban J connectivity index is 2.09. The number of allylic oxidation sites excluding steroid dienone is 2. The molecular weight excluding hydrogens is 350 g/mol. The summed E-state index contributed by atoms with van der Waals surface area (Å²) in [6, 6.07) is 0. The number of hydrogen-bond acceptors (Lipinski definition) is 3. The van der Waals surface area contributed by atoms with E-state index in [9.17, 15) is 9.90 Å². The van der Waals surface area contributed by atoms with Gasteiger partial charge in [-0.2, -0.15) is 0 Å². The van der Waals surface area contributed by atoms with Crippen molar-refractivity contribution in [3.63, 3.8) is 0 Å². The fourth-order valence-corrected chi connectivity index (χ4v) is 3.83. The third kappa shape index (κ3) is 10.2. The van der Waals surface area contributed by atoms with Crippen molar-refractivity contribution in [3.8, 4) is 0 Å². The van der Waals surface area contributed by atoms with E-state index in [1.807, 2.05) is 6.20 Å². The van der Waals surface area contributed by atoms with Gasteiger partial charge in [0.05, 0.1) is 6.20 Å². The van der Waals surface area contributed by atoms with Crippen molar-refractivity contribution in [2.45, 2.75) is 90.4 Å². The van der Waals surface area contributed by atoms with Crippen LogP contribution in [0, 0.1) is 0 Å². The minimum atomic E-state index is -0.816. The highest BCUT2D eigenvalue weighted by atomic mass is 16.4. The van der Waals surface area contributed by atoms with Crippen molar-refractivity contribution >= 4 is 11.8 Å². The number of nitrogens with two attached hydrogens (primary N) is 1. The summed E-state index contributed by atoms with van der Waals surface area (Å²) in [5, 5.41) is 9.22. The monoisotopic (exact) mass is 392 g/mol. The number of aliphatic carboxylic acids is 1. The van der Waals surface area contributed by atoms with E-state index in [1.54, 1.807) is 6.20 Å². The molecule has 0 aromatic carbocycles. The number of carbonyl (C=O) groups is 1. The molecule has 0 saturated carbocycles. The molecule has 1 rings (SSSR count). The molecule has 0 aromatic rings. The summed E-state index contributed by atoms with van der Waals surface area (Å²) < 4.78 is 0.276. The molecule has 5 heteroatoms. The van der Waals surface area contributed by atoms with Gasteiger partial charge in [0, 0.05) is 13.0 Å². The molecule has 0 amide bonds. The number of carboxylic acid groups (broad SMARTS) is 1. The second-order valence-electron chi connectivity index (χ2n) is 7.92. The number of unbranched alkanes of at least 4 members (excludes halogenated alkanes) is 10. The highest BCUT2D eigenvalue weighted by Gasteiger charge is 2.36. The summed E-state index contributed by atoms with van der Waals surface area (Å²) in [5.41, 5.74) is 5.70. The molecule has 0 radical (unpaired) electrons. The Morgan fingerprint density at radius 2 is 1.64 bits per heavy atom. The first kappa shape index (κ1) is 24.6. The van der Waals surface area contributed by atoms with E-state index in [0.29, 0.717) is 13.1 Å². The second-order valence-corrected chi connectivity index (χ2v) is 7.92. The first-order valence-electron chi connectivity index (χ1n) is 11.3. The molecule has 1 unspecified atom stereocenters. The molecule has 0 spiro atoms. The summed E-state index contributed by atoms with van der Waals surface area (Å²) in [5.74, 6) is 0.0978. The lowest BCUT2D eigenvalue weighted by molar-refractivity contribution is -0.778. The Bertz CT molecular complexity index is 514. The van der Waals surface area contributed by atoms with Gasteiger partial charge in [-0.05, 0) is 19.3 Å². The molecule has 0 bridgehead atoms. The van der Waals surface area contributed by atoms with Gasteiger partial charge in [0.15, 0.2) is 6.54 Å². The Hall–Kier alpha value is -1.46. The van der Waals surface area contributed by atoms with Gasteiger partial charge >= 0.3 is 5.97 Å². The van der Waals surface area contributed by atoms with E-state index in [0.717, 1.165) is 25.1 Å². The van der Waals surface area contributed by atoms with Crippen LogP contribution < -0.4 is 5.73 Å². The predicted octanol–water partition coefficient (Wildman–Crippen LogP) is 5.38.